The molecular formula is C24H28FNO2Si. The highest BCUT2D eigenvalue weighted by Crippen LogP contribution is 2.37. The Kier molecular flexibility index (Phi) is 7.59. The van der Waals surface area contributed by atoms with E-state index >= 15 is 0 Å². The molecule has 0 aliphatic heterocycles. The average molecular weight is 410 g/mol. The summed E-state index contributed by atoms with van der Waals surface area (Å²) in [4.78, 5) is 12.3. The van der Waals surface area contributed by atoms with Gasteiger partial charge in [0.05, 0.1) is 11.1 Å². The predicted molar refractivity (Wildman–Crippen MR) is 116 cm³/mol. The quantitative estimate of drug-likeness (QED) is 0.259. The van der Waals surface area contributed by atoms with Gasteiger partial charge in [-0.05, 0) is 67.3 Å². The fraction of sp³-hybridized carbons (Fsp3) is 0.417. The van der Waals surface area contributed by atoms with Gasteiger partial charge in [0.15, 0.2) is 0 Å². The molecule has 0 radical (unpaired) electrons. The molecule has 0 unspecified atom stereocenters. The molecule has 1 aliphatic rings. The largest absolute Gasteiger partial charge is 0.423 e. The number of ether oxygens (including phenoxy) is 1. The van der Waals surface area contributed by atoms with Crippen LogP contribution in [0.2, 0.25) is 12.1 Å². The van der Waals surface area contributed by atoms with E-state index in [1.165, 1.54) is 61.9 Å². The van der Waals surface area contributed by atoms with Crippen molar-refractivity contribution in [2.24, 2.45) is 5.92 Å². The standard InChI is InChI=1S/C24H28FNO2Si/c1-2-29-14-13-17-3-5-18(6-4-17)19-7-9-20(10-8-19)24(27)28-22-12-11-21(16-26)23(25)15-22/h7-12,15,17-18H,2-6,13-14,29H2,1H3/t17-,18-. The van der Waals surface area contributed by atoms with Gasteiger partial charge in [-0.1, -0.05) is 37.6 Å². The van der Waals surface area contributed by atoms with Gasteiger partial charge in [0.1, 0.15) is 17.6 Å². The summed E-state index contributed by atoms with van der Waals surface area (Å²) in [5, 5.41) is 8.77. The van der Waals surface area contributed by atoms with Gasteiger partial charge >= 0.3 is 5.97 Å². The van der Waals surface area contributed by atoms with E-state index in [4.69, 9.17) is 10.00 Å². The highest BCUT2D eigenvalue weighted by molar-refractivity contribution is 6.35. The minimum absolute atomic E-state index is 0.0729. The number of carbonyl (C=O) groups is 1. The van der Waals surface area contributed by atoms with Crippen LogP contribution in [-0.4, -0.2) is 15.5 Å². The lowest BCUT2D eigenvalue weighted by Crippen LogP contribution is -2.14. The van der Waals surface area contributed by atoms with Crippen LogP contribution in [0.1, 0.15) is 66.4 Å². The number of esters is 1. The number of benzene rings is 2. The minimum Gasteiger partial charge on any atom is -0.423 e. The molecule has 1 fully saturated rings. The second kappa shape index (κ2) is 10.4. The molecule has 0 atom stereocenters. The van der Waals surface area contributed by atoms with Crippen LogP contribution in [0, 0.1) is 23.1 Å². The molecule has 0 saturated heterocycles. The van der Waals surface area contributed by atoms with Crippen molar-refractivity contribution in [2.75, 3.05) is 0 Å². The Morgan fingerprint density at radius 1 is 1.17 bits per heavy atom. The SMILES string of the molecule is CC[SiH2]CC[C@H]1CC[C@H](c2ccc(C(=O)Oc3ccc(C#N)c(F)c3)cc2)CC1. The molecule has 3 nitrogen and oxygen atoms in total. The van der Waals surface area contributed by atoms with Gasteiger partial charge in [0, 0.05) is 15.6 Å². The first-order valence-electron chi connectivity index (χ1n) is 10.6. The van der Waals surface area contributed by atoms with Crippen LogP contribution in [0.5, 0.6) is 5.75 Å². The van der Waals surface area contributed by atoms with E-state index in [0.29, 0.717) is 11.5 Å². The van der Waals surface area contributed by atoms with Crippen molar-refractivity contribution in [1.29, 1.82) is 5.26 Å². The Labute approximate surface area is 174 Å². The van der Waals surface area contributed by atoms with Crippen molar-refractivity contribution in [3.05, 3.63) is 65.0 Å². The van der Waals surface area contributed by atoms with E-state index in [1.807, 2.05) is 12.1 Å². The monoisotopic (exact) mass is 409 g/mol. The van der Waals surface area contributed by atoms with E-state index in [0.717, 1.165) is 12.0 Å². The zero-order valence-corrected chi connectivity index (χ0v) is 18.4. The number of nitriles is 1. The third kappa shape index (κ3) is 5.77. The van der Waals surface area contributed by atoms with Crippen molar-refractivity contribution in [3.63, 3.8) is 0 Å². The first-order chi connectivity index (χ1) is 14.1. The molecule has 0 bridgehead atoms. The molecule has 0 aromatic heterocycles. The van der Waals surface area contributed by atoms with Crippen LogP contribution in [0.3, 0.4) is 0 Å². The molecular weight excluding hydrogens is 381 g/mol. The highest BCUT2D eigenvalue weighted by Gasteiger charge is 2.22. The number of hydrogen-bond donors (Lipinski definition) is 0. The van der Waals surface area contributed by atoms with Gasteiger partial charge in [-0.2, -0.15) is 5.26 Å². The van der Waals surface area contributed by atoms with Crippen LogP contribution < -0.4 is 4.74 Å². The number of carbonyl (C=O) groups excluding carboxylic acids is 1. The maximum absolute atomic E-state index is 13.7. The number of halogens is 1. The fourth-order valence-corrected chi connectivity index (χ4v) is 5.54. The Hall–Kier alpha value is -2.45. The maximum atomic E-state index is 13.7. The van der Waals surface area contributed by atoms with Crippen LogP contribution >= 0.6 is 0 Å². The van der Waals surface area contributed by atoms with Crippen molar-refractivity contribution in [3.8, 4) is 11.8 Å². The Morgan fingerprint density at radius 2 is 1.90 bits per heavy atom. The van der Waals surface area contributed by atoms with Crippen LogP contribution in [-0.2, 0) is 0 Å². The Morgan fingerprint density at radius 3 is 2.52 bits per heavy atom. The van der Waals surface area contributed by atoms with Crippen molar-refractivity contribution in [2.45, 2.75) is 57.0 Å². The smallest absolute Gasteiger partial charge is 0.343 e. The lowest BCUT2D eigenvalue weighted by Gasteiger charge is -2.29. The molecule has 152 valence electrons. The molecule has 2 aromatic rings. The van der Waals surface area contributed by atoms with Crippen molar-refractivity contribution < 1.29 is 13.9 Å². The lowest BCUT2D eigenvalue weighted by molar-refractivity contribution is 0.0734. The molecule has 5 heteroatoms. The predicted octanol–water partition coefficient (Wildman–Crippen LogP) is 5.61. The molecule has 29 heavy (non-hydrogen) atoms. The molecule has 0 heterocycles. The summed E-state index contributed by atoms with van der Waals surface area (Å²) < 4.78 is 18.9. The Balaban J connectivity index is 1.54. The van der Waals surface area contributed by atoms with E-state index in [2.05, 4.69) is 6.92 Å². The van der Waals surface area contributed by atoms with E-state index < -0.39 is 11.8 Å². The third-order valence-electron chi connectivity index (χ3n) is 5.95. The van der Waals surface area contributed by atoms with E-state index in [-0.39, 0.29) is 20.8 Å². The summed E-state index contributed by atoms with van der Waals surface area (Å²) in [7, 11) is 0.194. The van der Waals surface area contributed by atoms with Crippen LogP contribution in [0.15, 0.2) is 42.5 Å². The van der Waals surface area contributed by atoms with Gasteiger partial charge in [0.2, 0.25) is 0 Å². The first kappa shape index (κ1) is 21.3. The normalized spacial score (nSPS) is 19.2. The summed E-state index contributed by atoms with van der Waals surface area (Å²) in [6.07, 6.45) is 6.51. The van der Waals surface area contributed by atoms with Gasteiger partial charge in [-0.25, -0.2) is 9.18 Å². The second-order valence-corrected chi connectivity index (χ2v) is 10.4. The van der Waals surface area contributed by atoms with Gasteiger partial charge < -0.3 is 4.74 Å². The van der Waals surface area contributed by atoms with Gasteiger partial charge in [-0.15, -0.1) is 0 Å². The first-order valence-corrected chi connectivity index (χ1v) is 12.6. The average Bonchev–Trinajstić information content (AvgIpc) is 2.75. The molecule has 0 N–H and O–H groups in total. The number of nitrogens with zero attached hydrogens (tertiary/aromatic N) is 1. The van der Waals surface area contributed by atoms with Crippen molar-refractivity contribution >= 4 is 15.5 Å². The zero-order chi connectivity index (χ0) is 20.6. The van der Waals surface area contributed by atoms with E-state index in [9.17, 15) is 9.18 Å². The Bertz CT molecular complexity index is 867. The van der Waals surface area contributed by atoms with Gasteiger partial charge in [0.25, 0.3) is 0 Å². The molecule has 3 rings (SSSR count). The summed E-state index contributed by atoms with van der Waals surface area (Å²) in [5.74, 6) is 0.366. The van der Waals surface area contributed by atoms with Gasteiger partial charge in [-0.3, -0.25) is 0 Å². The molecule has 0 amide bonds. The number of rotatable bonds is 7. The maximum Gasteiger partial charge on any atom is 0.343 e. The molecule has 2 aromatic carbocycles. The molecule has 1 saturated carbocycles. The van der Waals surface area contributed by atoms with Crippen molar-refractivity contribution in [1.82, 2.24) is 0 Å². The van der Waals surface area contributed by atoms with Crippen LogP contribution in [0.25, 0.3) is 0 Å². The topological polar surface area (TPSA) is 50.1 Å². The summed E-state index contributed by atoms with van der Waals surface area (Å²) in [5.41, 5.74) is 1.65. The summed E-state index contributed by atoms with van der Waals surface area (Å²) in [6.45, 7) is 2.31. The zero-order valence-electron chi connectivity index (χ0n) is 17.0. The number of hydrogen-bond acceptors (Lipinski definition) is 3. The molecule has 0 spiro atoms. The molecule has 1 aliphatic carbocycles. The third-order valence-corrected chi connectivity index (χ3v) is 7.57. The summed E-state index contributed by atoms with van der Waals surface area (Å²) in [6, 6.07) is 16.1. The lowest BCUT2D eigenvalue weighted by atomic mass is 9.78. The fourth-order valence-electron chi connectivity index (χ4n) is 4.17. The second-order valence-electron chi connectivity index (χ2n) is 7.98. The van der Waals surface area contributed by atoms with Crippen LogP contribution in [0.4, 0.5) is 4.39 Å². The van der Waals surface area contributed by atoms with E-state index in [1.54, 1.807) is 18.2 Å². The summed E-state index contributed by atoms with van der Waals surface area (Å²) >= 11 is 0. The highest BCUT2D eigenvalue weighted by atomic mass is 28.2. The minimum atomic E-state index is -0.694.